The van der Waals surface area contributed by atoms with E-state index in [0.29, 0.717) is 13.0 Å². The first-order chi connectivity index (χ1) is 29.5. The van der Waals surface area contributed by atoms with Gasteiger partial charge in [-0.1, -0.05) is 162 Å². The van der Waals surface area contributed by atoms with Crippen LogP contribution < -0.4 is 22.3 Å². The van der Waals surface area contributed by atoms with E-state index in [0.717, 1.165) is 57.8 Å². The molecule has 0 saturated carbocycles. The average molecular weight is 866 g/mol. The number of nitrogens with one attached hydrogen (secondary N) is 2. The Kier molecular flexibility index (Phi) is 34.3. The number of hydrogen-bond acceptors (Lipinski definition) is 10. The summed E-state index contributed by atoms with van der Waals surface area (Å²) in [6, 6.07) is -2.60. The number of aliphatic hydroxyl groups is 2. The predicted octanol–water partition coefficient (Wildman–Crippen LogP) is 7.82. The van der Waals surface area contributed by atoms with Crippen LogP contribution in [0.25, 0.3) is 0 Å². The number of hydrogen-bond donors (Lipinski definition) is 6. The summed E-state index contributed by atoms with van der Waals surface area (Å²) in [5, 5.41) is 23.8. The quantitative estimate of drug-likeness (QED) is 0.0153. The molecule has 0 aromatic heterocycles. The van der Waals surface area contributed by atoms with Crippen LogP contribution in [0.5, 0.6) is 0 Å². The SMILES string of the molecule is CCCCCCCC/C=C\CCCCCCCC(=O)N(CCCCCCCCCCCCCC)[C@H]1C[C@H](ONC(=O)[C@H](CC(C)C)NC(=O)C(N)C(=O)CN)[C@@H](O)[C@@H](CO)O1. The molecule has 1 saturated heterocycles. The second-order valence-corrected chi connectivity index (χ2v) is 17.8. The number of ether oxygens (including phenoxy) is 1. The number of allylic oxidation sites excluding steroid dienone is 2. The van der Waals surface area contributed by atoms with Gasteiger partial charge in [0.15, 0.2) is 5.78 Å². The van der Waals surface area contributed by atoms with E-state index in [1.165, 1.54) is 103 Å². The van der Waals surface area contributed by atoms with E-state index in [1.807, 2.05) is 13.8 Å². The lowest BCUT2D eigenvalue weighted by Gasteiger charge is -2.43. The van der Waals surface area contributed by atoms with Crippen LogP contribution in [-0.2, 0) is 28.8 Å². The summed E-state index contributed by atoms with van der Waals surface area (Å²) in [5.41, 5.74) is 13.5. The van der Waals surface area contributed by atoms with Gasteiger partial charge in [0.2, 0.25) is 11.8 Å². The monoisotopic (exact) mass is 866 g/mol. The number of carbonyl (C=O) groups is 4. The van der Waals surface area contributed by atoms with Gasteiger partial charge in [-0.2, -0.15) is 0 Å². The molecule has 356 valence electrons. The number of nitrogens with zero attached hydrogens (tertiary/aromatic N) is 1. The Balaban J connectivity index is 2.82. The van der Waals surface area contributed by atoms with E-state index in [2.05, 4.69) is 36.8 Å². The molecule has 61 heavy (non-hydrogen) atoms. The minimum Gasteiger partial charge on any atom is -0.394 e. The Labute approximate surface area is 370 Å². The number of nitrogens with two attached hydrogens (primary N) is 2. The number of aliphatic hydroxyl groups excluding tert-OH is 2. The van der Waals surface area contributed by atoms with Crippen LogP contribution in [0.3, 0.4) is 0 Å². The number of unbranched alkanes of at least 4 members (excludes halogenated alkanes) is 22. The van der Waals surface area contributed by atoms with Gasteiger partial charge < -0.3 is 36.6 Å². The molecule has 0 aromatic rings. The van der Waals surface area contributed by atoms with E-state index in [-0.39, 0.29) is 24.7 Å². The topological polar surface area (TPSA) is 207 Å². The lowest BCUT2D eigenvalue weighted by molar-refractivity contribution is -0.237. The van der Waals surface area contributed by atoms with Crippen LogP contribution in [-0.4, -0.2) is 94.9 Å². The molecule has 1 unspecified atom stereocenters. The fraction of sp³-hybridized carbons (Fsp3) is 0.875. The summed E-state index contributed by atoms with van der Waals surface area (Å²) >= 11 is 0. The Bertz CT molecular complexity index is 1170. The number of ketones is 1. The van der Waals surface area contributed by atoms with E-state index in [4.69, 9.17) is 21.0 Å². The van der Waals surface area contributed by atoms with Crippen molar-refractivity contribution in [1.82, 2.24) is 15.7 Å². The Hall–Kier alpha value is -2.42. The second-order valence-electron chi connectivity index (χ2n) is 17.8. The van der Waals surface area contributed by atoms with Gasteiger partial charge in [0, 0.05) is 19.4 Å². The van der Waals surface area contributed by atoms with Gasteiger partial charge in [0.05, 0.1) is 13.2 Å². The first kappa shape index (κ1) is 56.6. The predicted molar refractivity (Wildman–Crippen MR) is 245 cm³/mol. The third-order valence-electron chi connectivity index (χ3n) is 11.8. The number of carbonyl (C=O) groups excluding carboxylic acids is 4. The molecule has 1 fully saturated rings. The molecule has 1 heterocycles. The number of rotatable bonds is 39. The molecule has 0 bridgehead atoms. The van der Waals surface area contributed by atoms with Crippen molar-refractivity contribution in [3.63, 3.8) is 0 Å². The summed E-state index contributed by atoms with van der Waals surface area (Å²) in [4.78, 5) is 59.3. The van der Waals surface area contributed by atoms with Crippen LogP contribution in [0.4, 0.5) is 0 Å². The maximum absolute atomic E-state index is 13.9. The van der Waals surface area contributed by atoms with E-state index in [9.17, 15) is 29.4 Å². The van der Waals surface area contributed by atoms with Crippen molar-refractivity contribution >= 4 is 23.5 Å². The third-order valence-corrected chi connectivity index (χ3v) is 11.8. The van der Waals surface area contributed by atoms with Gasteiger partial charge in [-0.05, 0) is 50.9 Å². The van der Waals surface area contributed by atoms with Gasteiger partial charge in [-0.25, -0.2) is 5.48 Å². The van der Waals surface area contributed by atoms with E-state index >= 15 is 0 Å². The molecule has 1 aliphatic heterocycles. The van der Waals surface area contributed by atoms with Crippen molar-refractivity contribution in [2.24, 2.45) is 17.4 Å². The second kappa shape index (κ2) is 37.0. The molecule has 8 N–H and O–H groups in total. The van der Waals surface area contributed by atoms with Crippen LogP contribution in [0.15, 0.2) is 12.2 Å². The summed E-state index contributed by atoms with van der Waals surface area (Å²) in [5.74, 6) is -2.25. The largest absolute Gasteiger partial charge is 0.394 e. The summed E-state index contributed by atoms with van der Waals surface area (Å²) in [6.45, 7) is 7.78. The molecule has 6 atom stereocenters. The maximum atomic E-state index is 13.9. The molecule has 13 heteroatoms. The van der Waals surface area contributed by atoms with Crippen LogP contribution in [0.1, 0.15) is 207 Å². The van der Waals surface area contributed by atoms with Gasteiger partial charge in [-0.3, -0.25) is 24.0 Å². The molecule has 3 amide bonds. The minimum atomic E-state index is -1.52. The van der Waals surface area contributed by atoms with Gasteiger partial charge >= 0.3 is 0 Å². The Morgan fingerprint density at radius 2 is 1.25 bits per heavy atom. The molecule has 13 nitrogen and oxygen atoms in total. The van der Waals surface area contributed by atoms with Crippen LogP contribution in [0.2, 0.25) is 0 Å². The van der Waals surface area contributed by atoms with Crippen molar-refractivity contribution in [2.45, 2.75) is 244 Å². The standard InChI is InChI=1S/C48H91N5O8/c1-5-7-9-11-13-15-17-19-20-21-22-24-26-28-30-32-43(56)53(33-31-29-27-25-23-18-16-14-12-10-8-6-2)44-35-41(46(57)42(37-54)60-44)61-52-47(58)39(34-38(3)4)51-48(59)45(50)40(55)36-49/h19-20,38-39,41-42,44-46,54,57H,5-18,21-37,49-50H2,1-4H3,(H,51,59)(H,52,58)/b20-19-/t39-,41-,42+,44+,45?,46+/m0/s1. The summed E-state index contributed by atoms with van der Waals surface area (Å²) in [7, 11) is 0. The number of hydroxylamine groups is 1. The number of Topliss-reactive ketones (excluding diaryl/α,β-unsaturated/α-hetero) is 1. The average Bonchev–Trinajstić information content (AvgIpc) is 3.25. The first-order valence-electron chi connectivity index (χ1n) is 24.6. The van der Waals surface area contributed by atoms with E-state index in [1.54, 1.807) is 4.90 Å². The number of amides is 3. The van der Waals surface area contributed by atoms with E-state index < -0.39 is 67.4 Å². The molecular formula is C48H91N5O8. The maximum Gasteiger partial charge on any atom is 0.266 e. The molecule has 1 rings (SSSR count). The summed E-state index contributed by atoms with van der Waals surface area (Å²) in [6.07, 6.45) is 30.8. The molecule has 0 radical (unpaired) electrons. The zero-order chi connectivity index (χ0) is 45.1. The highest BCUT2D eigenvalue weighted by atomic mass is 16.7. The van der Waals surface area contributed by atoms with Crippen molar-refractivity contribution in [1.29, 1.82) is 0 Å². The zero-order valence-corrected chi connectivity index (χ0v) is 39.1. The van der Waals surface area contributed by atoms with Crippen LogP contribution in [0, 0.1) is 5.92 Å². The Morgan fingerprint density at radius 1 is 0.754 bits per heavy atom. The smallest absolute Gasteiger partial charge is 0.266 e. The molecule has 1 aliphatic rings. The fourth-order valence-corrected chi connectivity index (χ4v) is 7.87. The molecule has 0 spiro atoms. The molecule has 0 aromatic carbocycles. The lowest BCUT2D eigenvalue weighted by atomic mass is 9.99. The lowest BCUT2D eigenvalue weighted by Crippen LogP contribution is -2.59. The fourth-order valence-electron chi connectivity index (χ4n) is 7.87. The molecular weight excluding hydrogens is 775 g/mol. The first-order valence-corrected chi connectivity index (χ1v) is 24.6. The highest BCUT2D eigenvalue weighted by Gasteiger charge is 2.42. The Morgan fingerprint density at radius 3 is 1.74 bits per heavy atom. The van der Waals surface area contributed by atoms with Crippen LogP contribution >= 0.6 is 0 Å². The molecule has 0 aliphatic carbocycles. The van der Waals surface area contributed by atoms with Gasteiger partial charge in [-0.15, -0.1) is 0 Å². The minimum absolute atomic E-state index is 0.0177. The van der Waals surface area contributed by atoms with Crippen molar-refractivity contribution in [3.05, 3.63) is 12.2 Å². The zero-order valence-electron chi connectivity index (χ0n) is 39.1. The normalized spacial score (nSPS) is 19.0. The van der Waals surface area contributed by atoms with Gasteiger partial charge in [0.1, 0.15) is 36.6 Å². The van der Waals surface area contributed by atoms with Gasteiger partial charge in [0.25, 0.3) is 5.91 Å². The van der Waals surface area contributed by atoms with Crippen molar-refractivity contribution < 1.29 is 39.0 Å². The summed E-state index contributed by atoms with van der Waals surface area (Å²) < 4.78 is 6.16. The van der Waals surface area contributed by atoms with Crippen molar-refractivity contribution in [3.8, 4) is 0 Å². The highest BCUT2D eigenvalue weighted by molar-refractivity contribution is 6.06. The third kappa shape index (κ3) is 26.7. The highest BCUT2D eigenvalue weighted by Crippen LogP contribution is 2.27. The van der Waals surface area contributed by atoms with Crippen molar-refractivity contribution in [2.75, 3.05) is 19.7 Å².